The van der Waals surface area contributed by atoms with Gasteiger partial charge in [0.2, 0.25) is 0 Å². The zero-order chi connectivity index (χ0) is 11.7. The van der Waals surface area contributed by atoms with Crippen molar-refractivity contribution in [3.8, 4) is 5.75 Å². The topological polar surface area (TPSA) is 38.5 Å². The third kappa shape index (κ3) is 2.00. The molecule has 0 unspecified atom stereocenters. The number of hydrogen-bond donors (Lipinski definition) is 1. The van der Waals surface area contributed by atoms with Crippen LogP contribution in [0.3, 0.4) is 0 Å². The van der Waals surface area contributed by atoms with Crippen LogP contribution in [0.5, 0.6) is 5.75 Å². The Balaban J connectivity index is 1.57. The van der Waals surface area contributed by atoms with Gasteiger partial charge in [-0.3, -0.25) is 0 Å². The summed E-state index contributed by atoms with van der Waals surface area (Å²) in [5.74, 6) is 0.915. The van der Waals surface area contributed by atoms with Gasteiger partial charge in [-0.2, -0.15) is 0 Å². The van der Waals surface area contributed by atoms with Gasteiger partial charge in [0.05, 0.1) is 0 Å². The third-order valence-electron chi connectivity index (χ3n) is 4.06. The average molecular weight is 232 g/mol. The number of ether oxygens (including phenoxy) is 1. The number of nitrogens with zero attached hydrogens (tertiary/aromatic N) is 1. The second kappa shape index (κ2) is 4.22. The molecule has 0 aromatic heterocycles. The molecule has 3 rings (SSSR count). The maximum Gasteiger partial charge on any atom is 0.119 e. The summed E-state index contributed by atoms with van der Waals surface area (Å²) in [6.07, 6.45) is 4.29. The molecular weight excluding hydrogens is 212 g/mol. The maximum atomic E-state index is 5.47. The van der Waals surface area contributed by atoms with Crippen LogP contribution in [0.2, 0.25) is 0 Å². The van der Waals surface area contributed by atoms with Gasteiger partial charge < -0.3 is 15.4 Å². The standard InChI is InChI=1S/C14H20N2O/c15-8-9-17-13-4-2-12(3-5-13)16-10-14(11-16)6-1-7-14/h2-5H,1,6-11,15H2. The van der Waals surface area contributed by atoms with E-state index >= 15 is 0 Å². The fourth-order valence-corrected chi connectivity index (χ4v) is 2.87. The summed E-state index contributed by atoms with van der Waals surface area (Å²) in [6.45, 7) is 3.65. The molecule has 1 aromatic carbocycles. The SMILES string of the molecule is NCCOc1ccc(N2CC3(CCC3)C2)cc1. The van der Waals surface area contributed by atoms with Crippen LogP contribution in [0, 0.1) is 5.41 Å². The average Bonchev–Trinajstić information content (AvgIpc) is 2.24. The maximum absolute atomic E-state index is 5.47. The van der Waals surface area contributed by atoms with Gasteiger partial charge in [-0.15, -0.1) is 0 Å². The Morgan fingerprint density at radius 3 is 2.41 bits per heavy atom. The Morgan fingerprint density at radius 1 is 1.18 bits per heavy atom. The van der Waals surface area contributed by atoms with Gasteiger partial charge >= 0.3 is 0 Å². The lowest BCUT2D eigenvalue weighted by atomic mass is 9.63. The summed E-state index contributed by atoms with van der Waals surface area (Å²) in [4.78, 5) is 2.46. The van der Waals surface area contributed by atoms with E-state index in [4.69, 9.17) is 10.5 Å². The molecular formula is C14H20N2O. The molecule has 2 N–H and O–H groups in total. The summed E-state index contributed by atoms with van der Waals surface area (Å²) in [5, 5.41) is 0. The number of hydrogen-bond acceptors (Lipinski definition) is 3. The van der Waals surface area contributed by atoms with E-state index < -0.39 is 0 Å². The lowest BCUT2D eigenvalue weighted by Crippen LogP contribution is -2.59. The number of rotatable bonds is 4. The number of anilines is 1. The van der Waals surface area contributed by atoms with Crippen LogP contribution < -0.4 is 15.4 Å². The van der Waals surface area contributed by atoms with Crippen molar-refractivity contribution in [1.29, 1.82) is 0 Å². The normalized spacial score (nSPS) is 20.9. The predicted molar refractivity (Wildman–Crippen MR) is 69.5 cm³/mol. The summed E-state index contributed by atoms with van der Waals surface area (Å²) in [6, 6.07) is 8.38. The quantitative estimate of drug-likeness (QED) is 0.863. The van der Waals surface area contributed by atoms with Crippen LogP contribution in [0.15, 0.2) is 24.3 Å². The van der Waals surface area contributed by atoms with E-state index in [0.717, 1.165) is 5.75 Å². The molecule has 1 aliphatic heterocycles. The Kier molecular flexibility index (Phi) is 2.71. The monoisotopic (exact) mass is 232 g/mol. The molecule has 2 aliphatic rings. The van der Waals surface area contributed by atoms with E-state index in [9.17, 15) is 0 Å². The van der Waals surface area contributed by atoms with Crippen LogP contribution >= 0.6 is 0 Å². The summed E-state index contributed by atoms with van der Waals surface area (Å²) in [7, 11) is 0. The first-order valence-electron chi connectivity index (χ1n) is 6.49. The molecule has 1 heterocycles. The van der Waals surface area contributed by atoms with Gasteiger partial charge in [0.15, 0.2) is 0 Å². The molecule has 0 atom stereocenters. The second-order valence-electron chi connectivity index (χ2n) is 5.34. The number of nitrogens with two attached hydrogens (primary N) is 1. The van der Waals surface area contributed by atoms with Gasteiger partial charge in [0.1, 0.15) is 12.4 Å². The molecule has 17 heavy (non-hydrogen) atoms. The second-order valence-corrected chi connectivity index (χ2v) is 5.34. The smallest absolute Gasteiger partial charge is 0.119 e. The molecule has 0 bridgehead atoms. The van der Waals surface area contributed by atoms with Crippen molar-refractivity contribution in [3.05, 3.63) is 24.3 Å². The van der Waals surface area contributed by atoms with E-state index in [0.29, 0.717) is 18.6 Å². The molecule has 1 saturated carbocycles. The van der Waals surface area contributed by atoms with Crippen molar-refractivity contribution in [3.63, 3.8) is 0 Å². The Bertz CT molecular complexity index is 376. The first-order chi connectivity index (χ1) is 8.31. The molecule has 92 valence electrons. The summed E-state index contributed by atoms with van der Waals surface area (Å²) < 4.78 is 5.47. The zero-order valence-electron chi connectivity index (χ0n) is 10.2. The zero-order valence-corrected chi connectivity index (χ0v) is 10.2. The van der Waals surface area contributed by atoms with E-state index in [1.165, 1.54) is 38.0 Å². The van der Waals surface area contributed by atoms with Crippen molar-refractivity contribution in [1.82, 2.24) is 0 Å². The molecule has 1 aliphatic carbocycles. The molecule has 1 saturated heterocycles. The molecule has 1 aromatic rings. The molecule has 0 amide bonds. The van der Waals surface area contributed by atoms with Crippen LogP contribution in [0.1, 0.15) is 19.3 Å². The van der Waals surface area contributed by atoms with Crippen LogP contribution in [-0.2, 0) is 0 Å². The minimum absolute atomic E-state index is 0.566. The Labute approximate surface area is 103 Å². The van der Waals surface area contributed by atoms with Crippen molar-refractivity contribution < 1.29 is 4.74 Å². The van der Waals surface area contributed by atoms with Gasteiger partial charge in [0, 0.05) is 30.7 Å². The molecule has 3 nitrogen and oxygen atoms in total. The highest BCUT2D eigenvalue weighted by Gasteiger charge is 2.47. The largest absolute Gasteiger partial charge is 0.492 e. The predicted octanol–water partition coefficient (Wildman–Crippen LogP) is 2.01. The first-order valence-corrected chi connectivity index (χ1v) is 6.49. The Morgan fingerprint density at radius 2 is 1.88 bits per heavy atom. The van der Waals surface area contributed by atoms with Gasteiger partial charge in [-0.25, -0.2) is 0 Å². The lowest BCUT2D eigenvalue weighted by molar-refractivity contribution is 0.0904. The lowest BCUT2D eigenvalue weighted by Gasteiger charge is -2.57. The molecule has 3 heteroatoms. The first kappa shape index (κ1) is 10.9. The van der Waals surface area contributed by atoms with Crippen LogP contribution in [0.4, 0.5) is 5.69 Å². The minimum Gasteiger partial charge on any atom is -0.492 e. The molecule has 1 spiro atoms. The number of benzene rings is 1. The van der Waals surface area contributed by atoms with E-state index in [-0.39, 0.29) is 0 Å². The highest BCUT2D eigenvalue weighted by atomic mass is 16.5. The molecule has 0 radical (unpaired) electrons. The van der Waals surface area contributed by atoms with Gasteiger partial charge in [-0.1, -0.05) is 6.42 Å². The molecule has 2 fully saturated rings. The van der Waals surface area contributed by atoms with Crippen molar-refractivity contribution in [2.75, 3.05) is 31.1 Å². The van der Waals surface area contributed by atoms with Crippen LogP contribution in [0.25, 0.3) is 0 Å². The minimum atomic E-state index is 0.566. The third-order valence-corrected chi connectivity index (χ3v) is 4.06. The van der Waals surface area contributed by atoms with E-state index in [1.807, 2.05) is 12.1 Å². The van der Waals surface area contributed by atoms with Crippen LogP contribution in [-0.4, -0.2) is 26.2 Å². The van der Waals surface area contributed by atoms with Crippen molar-refractivity contribution in [2.45, 2.75) is 19.3 Å². The van der Waals surface area contributed by atoms with Gasteiger partial charge in [-0.05, 0) is 37.1 Å². The fourth-order valence-electron chi connectivity index (χ4n) is 2.87. The van der Waals surface area contributed by atoms with Gasteiger partial charge in [0.25, 0.3) is 0 Å². The fraction of sp³-hybridized carbons (Fsp3) is 0.571. The highest BCUT2D eigenvalue weighted by molar-refractivity contribution is 5.52. The van der Waals surface area contributed by atoms with E-state index in [1.54, 1.807) is 0 Å². The van der Waals surface area contributed by atoms with Crippen molar-refractivity contribution >= 4 is 5.69 Å². The summed E-state index contributed by atoms with van der Waals surface area (Å²) in [5.41, 5.74) is 7.41. The Hall–Kier alpha value is -1.22. The van der Waals surface area contributed by atoms with Crippen molar-refractivity contribution in [2.24, 2.45) is 11.1 Å². The van der Waals surface area contributed by atoms with E-state index in [2.05, 4.69) is 17.0 Å². The summed E-state index contributed by atoms with van der Waals surface area (Å²) >= 11 is 0. The highest BCUT2D eigenvalue weighted by Crippen LogP contribution is 2.49.